The molecule has 0 aliphatic rings. The van der Waals surface area contributed by atoms with Gasteiger partial charge in [-0.15, -0.1) is 12.4 Å². The summed E-state index contributed by atoms with van der Waals surface area (Å²) in [6.07, 6.45) is -4.42. The second kappa shape index (κ2) is 9.13. The van der Waals surface area contributed by atoms with Crippen molar-refractivity contribution in [1.82, 2.24) is 0 Å². The molecule has 3 rings (SSSR count). The lowest BCUT2D eigenvalue weighted by Crippen LogP contribution is -2.08. The zero-order chi connectivity index (χ0) is 19.4. The normalized spacial score (nSPS) is 11.0. The predicted octanol–water partition coefficient (Wildman–Crippen LogP) is 6.14. The summed E-state index contributed by atoms with van der Waals surface area (Å²) < 4.78 is 46.0. The number of halogens is 4. The molecule has 0 unspecified atom stereocenters. The molecule has 3 aromatic rings. The second-order valence-electron chi connectivity index (χ2n) is 6.30. The maximum atomic E-state index is 13.4. The van der Waals surface area contributed by atoms with Crippen LogP contribution in [0.15, 0.2) is 66.7 Å². The number of nitrogens with two attached hydrogens (primary N) is 1. The summed E-state index contributed by atoms with van der Waals surface area (Å²) in [4.78, 5) is 0. The van der Waals surface area contributed by atoms with Gasteiger partial charge in [-0.25, -0.2) is 0 Å². The molecule has 2 N–H and O–H groups in total. The predicted molar refractivity (Wildman–Crippen MR) is 108 cm³/mol. The molecule has 0 atom stereocenters. The number of ether oxygens (including phenoxy) is 1. The van der Waals surface area contributed by atoms with Crippen LogP contribution in [0.5, 0.6) is 5.75 Å². The van der Waals surface area contributed by atoms with Crippen molar-refractivity contribution < 1.29 is 17.9 Å². The molecule has 0 fully saturated rings. The lowest BCUT2D eigenvalue weighted by molar-refractivity contribution is -0.137. The Hall–Kier alpha value is -2.50. The standard InChI is InChI=1S/C22H20F3NO.ClH/c1-15-11-17(19-9-5-6-10-20(19)22(23,24)25)12-18(13-26)21(15)27-14-16-7-3-2-4-8-16;/h2-12H,13-14,26H2,1H3;1H. The van der Waals surface area contributed by atoms with Gasteiger partial charge in [0.25, 0.3) is 0 Å². The minimum absolute atomic E-state index is 0. The van der Waals surface area contributed by atoms with Gasteiger partial charge in [-0.3, -0.25) is 0 Å². The maximum absolute atomic E-state index is 13.4. The topological polar surface area (TPSA) is 35.2 Å². The molecule has 0 aliphatic heterocycles. The molecule has 2 nitrogen and oxygen atoms in total. The van der Waals surface area contributed by atoms with Gasteiger partial charge in [0.05, 0.1) is 5.56 Å². The van der Waals surface area contributed by atoms with Crippen LogP contribution < -0.4 is 10.5 Å². The Morgan fingerprint density at radius 3 is 2.21 bits per heavy atom. The summed E-state index contributed by atoms with van der Waals surface area (Å²) in [6.45, 7) is 2.36. The Kier molecular flexibility index (Phi) is 7.11. The van der Waals surface area contributed by atoms with E-state index in [-0.39, 0.29) is 24.5 Å². The van der Waals surface area contributed by atoms with Gasteiger partial charge in [-0.1, -0.05) is 48.5 Å². The minimum Gasteiger partial charge on any atom is -0.488 e. The van der Waals surface area contributed by atoms with Gasteiger partial charge in [0.1, 0.15) is 12.4 Å². The number of benzene rings is 3. The molecule has 148 valence electrons. The van der Waals surface area contributed by atoms with Crippen molar-refractivity contribution in [2.24, 2.45) is 5.73 Å². The molecule has 0 aromatic heterocycles. The summed E-state index contributed by atoms with van der Waals surface area (Å²) in [5, 5.41) is 0. The molecule has 0 heterocycles. The van der Waals surface area contributed by atoms with Gasteiger partial charge in [0.15, 0.2) is 0 Å². The average molecular weight is 408 g/mol. The van der Waals surface area contributed by atoms with Crippen LogP contribution in [-0.4, -0.2) is 0 Å². The number of aryl methyl sites for hydroxylation is 1. The fraction of sp³-hybridized carbons (Fsp3) is 0.182. The summed E-state index contributed by atoms with van der Waals surface area (Å²) in [7, 11) is 0. The van der Waals surface area contributed by atoms with E-state index in [2.05, 4.69) is 0 Å². The first-order valence-electron chi connectivity index (χ1n) is 8.57. The molecule has 3 aromatic carbocycles. The van der Waals surface area contributed by atoms with Crippen LogP contribution in [0.25, 0.3) is 11.1 Å². The third-order valence-corrected chi connectivity index (χ3v) is 4.34. The molecular weight excluding hydrogens is 387 g/mol. The molecular formula is C22H21ClF3NO. The fourth-order valence-corrected chi connectivity index (χ4v) is 3.07. The number of hydrogen-bond acceptors (Lipinski definition) is 2. The Labute approximate surface area is 168 Å². The van der Waals surface area contributed by atoms with Gasteiger partial charge < -0.3 is 10.5 Å². The van der Waals surface area contributed by atoms with Crippen molar-refractivity contribution >= 4 is 12.4 Å². The van der Waals surface area contributed by atoms with Gasteiger partial charge >= 0.3 is 6.18 Å². The van der Waals surface area contributed by atoms with E-state index in [9.17, 15) is 13.2 Å². The maximum Gasteiger partial charge on any atom is 0.417 e. The highest BCUT2D eigenvalue weighted by Gasteiger charge is 2.33. The molecule has 28 heavy (non-hydrogen) atoms. The van der Waals surface area contributed by atoms with Gasteiger partial charge in [0.2, 0.25) is 0 Å². The molecule has 0 amide bonds. The summed E-state index contributed by atoms with van der Waals surface area (Å²) >= 11 is 0. The third-order valence-electron chi connectivity index (χ3n) is 4.34. The highest BCUT2D eigenvalue weighted by molar-refractivity contribution is 5.85. The van der Waals surface area contributed by atoms with Crippen molar-refractivity contribution in [2.45, 2.75) is 26.3 Å². The summed E-state index contributed by atoms with van der Waals surface area (Å²) in [5.41, 5.74) is 8.25. The second-order valence-corrected chi connectivity index (χ2v) is 6.30. The first kappa shape index (κ1) is 21.8. The van der Waals surface area contributed by atoms with Gasteiger partial charge in [-0.05, 0) is 47.4 Å². The highest BCUT2D eigenvalue weighted by atomic mass is 35.5. The number of rotatable bonds is 5. The Balaban J connectivity index is 0.00000280. The van der Waals surface area contributed by atoms with Gasteiger partial charge in [-0.2, -0.15) is 13.2 Å². The monoisotopic (exact) mass is 407 g/mol. The SMILES string of the molecule is Cc1cc(-c2ccccc2C(F)(F)F)cc(CN)c1OCc1ccccc1.Cl. The van der Waals surface area contributed by atoms with E-state index in [0.29, 0.717) is 23.5 Å². The zero-order valence-electron chi connectivity index (χ0n) is 15.3. The van der Waals surface area contributed by atoms with Crippen LogP contribution >= 0.6 is 12.4 Å². The van der Waals surface area contributed by atoms with Crippen LogP contribution in [0.1, 0.15) is 22.3 Å². The van der Waals surface area contributed by atoms with Gasteiger partial charge in [0, 0.05) is 12.1 Å². The lowest BCUT2D eigenvalue weighted by Gasteiger charge is -2.18. The summed E-state index contributed by atoms with van der Waals surface area (Å²) in [5.74, 6) is 0.620. The first-order chi connectivity index (χ1) is 12.9. The lowest BCUT2D eigenvalue weighted by atomic mass is 9.95. The smallest absolute Gasteiger partial charge is 0.417 e. The Morgan fingerprint density at radius 2 is 1.57 bits per heavy atom. The fourth-order valence-electron chi connectivity index (χ4n) is 3.07. The quantitative estimate of drug-likeness (QED) is 0.551. The summed E-state index contributed by atoms with van der Waals surface area (Å²) in [6, 6.07) is 18.6. The first-order valence-corrected chi connectivity index (χ1v) is 8.57. The van der Waals surface area contributed by atoms with Crippen LogP contribution in [0.4, 0.5) is 13.2 Å². The molecule has 0 bridgehead atoms. The molecule has 0 spiro atoms. The van der Waals surface area contributed by atoms with Crippen LogP contribution in [0.2, 0.25) is 0 Å². The van der Waals surface area contributed by atoms with E-state index >= 15 is 0 Å². The molecule has 0 aliphatic carbocycles. The molecule has 6 heteroatoms. The van der Waals surface area contributed by atoms with E-state index in [1.807, 2.05) is 37.3 Å². The van der Waals surface area contributed by atoms with Crippen LogP contribution in [0.3, 0.4) is 0 Å². The number of hydrogen-bond donors (Lipinski definition) is 1. The molecule has 0 radical (unpaired) electrons. The molecule has 0 saturated heterocycles. The van der Waals surface area contributed by atoms with Crippen molar-refractivity contribution in [2.75, 3.05) is 0 Å². The van der Waals surface area contributed by atoms with E-state index < -0.39 is 11.7 Å². The van der Waals surface area contributed by atoms with E-state index in [4.69, 9.17) is 10.5 Å². The third kappa shape index (κ3) is 4.86. The van der Waals surface area contributed by atoms with E-state index in [1.165, 1.54) is 12.1 Å². The van der Waals surface area contributed by atoms with Crippen molar-refractivity contribution in [3.8, 4) is 16.9 Å². The average Bonchev–Trinajstić information content (AvgIpc) is 2.66. The highest BCUT2D eigenvalue weighted by Crippen LogP contribution is 2.39. The minimum atomic E-state index is -4.42. The van der Waals surface area contributed by atoms with Crippen molar-refractivity contribution in [3.05, 3.63) is 89.0 Å². The Morgan fingerprint density at radius 1 is 0.929 bits per heavy atom. The zero-order valence-corrected chi connectivity index (χ0v) is 16.1. The van der Waals surface area contributed by atoms with E-state index in [0.717, 1.165) is 17.2 Å². The number of alkyl halides is 3. The van der Waals surface area contributed by atoms with Crippen molar-refractivity contribution in [3.63, 3.8) is 0 Å². The Bertz CT molecular complexity index is 927. The van der Waals surface area contributed by atoms with Crippen LogP contribution in [-0.2, 0) is 19.3 Å². The largest absolute Gasteiger partial charge is 0.488 e. The van der Waals surface area contributed by atoms with E-state index in [1.54, 1.807) is 18.2 Å². The van der Waals surface area contributed by atoms with Crippen LogP contribution in [0, 0.1) is 6.92 Å². The molecule has 0 saturated carbocycles. The van der Waals surface area contributed by atoms with Crippen molar-refractivity contribution in [1.29, 1.82) is 0 Å².